The van der Waals surface area contributed by atoms with Crippen molar-refractivity contribution in [3.8, 4) is 0 Å². The van der Waals surface area contributed by atoms with E-state index in [2.05, 4.69) is 20.3 Å². The molecule has 0 saturated heterocycles. The van der Waals surface area contributed by atoms with Crippen LogP contribution >= 0.6 is 0 Å². The van der Waals surface area contributed by atoms with E-state index in [1.807, 2.05) is 0 Å². The van der Waals surface area contributed by atoms with E-state index in [9.17, 15) is 14.4 Å². The molecule has 0 saturated carbocycles. The summed E-state index contributed by atoms with van der Waals surface area (Å²) in [7, 11) is 1.55. The van der Waals surface area contributed by atoms with Crippen LogP contribution in [0.5, 0.6) is 0 Å². The highest BCUT2D eigenvalue weighted by molar-refractivity contribution is 6.05. The van der Waals surface area contributed by atoms with Gasteiger partial charge in [-0.25, -0.2) is 9.97 Å². The number of methoxy groups -OCH3 is 1. The SMILES string of the molecule is COCCNC(=O)c1cccc(/C=C/C(=O)c2nc3ccccc3c(=O)[nH]2)n1. The zero-order valence-electron chi connectivity index (χ0n) is 15.1. The molecule has 142 valence electrons. The van der Waals surface area contributed by atoms with Gasteiger partial charge in [-0.05, 0) is 36.4 Å². The van der Waals surface area contributed by atoms with Gasteiger partial charge in [0.05, 0.1) is 23.2 Å². The number of ether oxygens (including phenoxy) is 1. The summed E-state index contributed by atoms with van der Waals surface area (Å²) in [6, 6.07) is 11.7. The Hall–Kier alpha value is -3.65. The Balaban J connectivity index is 1.77. The van der Waals surface area contributed by atoms with Crippen molar-refractivity contribution in [2.45, 2.75) is 0 Å². The number of aromatic amines is 1. The molecule has 0 aliphatic carbocycles. The van der Waals surface area contributed by atoms with Crippen LogP contribution in [0.1, 0.15) is 26.8 Å². The molecule has 0 radical (unpaired) electrons. The van der Waals surface area contributed by atoms with E-state index in [0.717, 1.165) is 0 Å². The fourth-order valence-electron chi connectivity index (χ4n) is 2.47. The van der Waals surface area contributed by atoms with Gasteiger partial charge in [0, 0.05) is 13.7 Å². The topological polar surface area (TPSA) is 114 Å². The summed E-state index contributed by atoms with van der Waals surface area (Å²) in [5, 5.41) is 3.09. The molecule has 0 fully saturated rings. The molecule has 0 spiro atoms. The van der Waals surface area contributed by atoms with Gasteiger partial charge in [-0.3, -0.25) is 14.4 Å². The fraction of sp³-hybridized carbons (Fsp3) is 0.150. The maximum absolute atomic E-state index is 12.4. The van der Waals surface area contributed by atoms with Crippen molar-refractivity contribution in [2.75, 3.05) is 20.3 Å². The summed E-state index contributed by atoms with van der Waals surface area (Å²) in [6.45, 7) is 0.771. The average Bonchev–Trinajstić information content (AvgIpc) is 2.72. The number of allylic oxidation sites excluding steroid dienone is 1. The number of nitrogens with one attached hydrogen (secondary N) is 2. The van der Waals surface area contributed by atoms with Crippen molar-refractivity contribution in [3.63, 3.8) is 0 Å². The Kier molecular flexibility index (Phi) is 6.03. The second-order valence-electron chi connectivity index (χ2n) is 5.83. The Morgan fingerprint density at radius 1 is 1.14 bits per heavy atom. The monoisotopic (exact) mass is 378 g/mol. The second kappa shape index (κ2) is 8.83. The molecule has 2 heterocycles. The minimum Gasteiger partial charge on any atom is -0.383 e. The first kappa shape index (κ1) is 19.1. The van der Waals surface area contributed by atoms with Crippen LogP contribution in [0, 0.1) is 0 Å². The molecular formula is C20H18N4O4. The number of hydrogen-bond donors (Lipinski definition) is 2. The van der Waals surface area contributed by atoms with Crippen LogP contribution in [0.3, 0.4) is 0 Å². The summed E-state index contributed by atoms with van der Waals surface area (Å²) in [5.74, 6) is -0.868. The number of amides is 1. The largest absolute Gasteiger partial charge is 0.383 e. The molecular weight excluding hydrogens is 360 g/mol. The van der Waals surface area contributed by atoms with Crippen LogP contribution < -0.4 is 10.9 Å². The Bertz CT molecular complexity index is 1100. The van der Waals surface area contributed by atoms with Crippen molar-refractivity contribution >= 4 is 28.7 Å². The summed E-state index contributed by atoms with van der Waals surface area (Å²) >= 11 is 0. The maximum atomic E-state index is 12.4. The molecule has 3 rings (SSSR count). The highest BCUT2D eigenvalue weighted by atomic mass is 16.5. The predicted octanol–water partition coefficient (Wildman–Crippen LogP) is 1.59. The molecule has 0 bridgehead atoms. The Labute approximate surface area is 160 Å². The number of fused-ring (bicyclic) bond motifs is 1. The molecule has 3 aromatic rings. The van der Waals surface area contributed by atoms with Gasteiger partial charge in [0.1, 0.15) is 5.69 Å². The van der Waals surface area contributed by atoms with E-state index in [1.54, 1.807) is 49.6 Å². The third-order valence-corrected chi connectivity index (χ3v) is 3.85. The first-order valence-corrected chi connectivity index (χ1v) is 8.54. The van der Waals surface area contributed by atoms with Gasteiger partial charge in [-0.15, -0.1) is 0 Å². The van der Waals surface area contributed by atoms with Crippen LogP contribution in [0.15, 0.2) is 53.3 Å². The lowest BCUT2D eigenvalue weighted by Crippen LogP contribution is -2.27. The van der Waals surface area contributed by atoms with Crippen molar-refractivity contribution in [2.24, 2.45) is 0 Å². The molecule has 1 amide bonds. The number of carbonyl (C=O) groups excluding carboxylic acids is 2. The zero-order valence-corrected chi connectivity index (χ0v) is 15.1. The van der Waals surface area contributed by atoms with Crippen LogP contribution in [-0.2, 0) is 4.74 Å². The van der Waals surface area contributed by atoms with Gasteiger partial charge < -0.3 is 15.0 Å². The number of para-hydroxylation sites is 1. The first-order chi connectivity index (χ1) is 13.6. The standard InChI is InChI=1S/C20H18N4O4/c1-28-12-11-21-20(27)16-8-4-5-13(22-16)9-10-17(25)18-23-15-7-3-2-6-14(15)19(26)24-18/h2-10H,11-12H2,1H3,(H,21,27)(H,23,24,26)/b10-9+. The smallest absolute Gasteiger partial charge is 0.269 e. The number of carbonyl (C=O) groups is 2. The Morgan fingerprint density at radius 3 is 2.79 bits per heavy atom. The van der Waals surface area contributed by atoms with E-state index in [1.165, 1.54) is 12.2 Å². The number of benzene rings is 1. The van der Waals surface area contributed by atoms with Crippen LogP contribution in [0.25, 0.3) is 17.0 Å². The highest BCUT2D eigenvalue weighted by Crippen LogP contribution is 2.07. The number of aromatic nitrogens is 3. The molecule has 0 unspecified atom stereocenters. The van der Waals surface area contributed by atoms with E-state index < -0.39 is 5.78 Å². The van der Waals surface area contributed by atoms with Crippen LogP contribution in [0.4, 0.5) is 0 Å². The molecule has 1 aromatic carbocycles. The normalized spacial score (nSPS) is 11.0. The number of nitrogens with zero attached hydrogens (tertiary/aromatic N) is 2. The van der Waals surface area contributed by atoms with Crippen molar-refractivity contribution in [1.82, 2.24) is 20.3 Å². The van der Waals surface area contributed by atoms with E-state index >= 15 is 0 Å². The number of pyridine rings is 1. The summed E-state index contributed by atoms with van der Waals surface area (Å²) < 4.78 is 4.88. The van der Waals surface area contributed by atoms with Crippen molar-refractivity contribution in [3.05, 3.63) is 76.1 Å². The maximum Gasteiger partial charge on any atom is 0.269 e. The third-order valence-electron chi connectivity index (χ3n) is 3.85. The molecule has 2 aromatic heterocycles. The van der Waals surface area contributed by atoms with Gasteiger partial charge in [-0.1, -0.05) is 18.2 Å². The van der Waals surface area contributed by atoms with Crippen LogP contribution in [0.2, 0.25) is 0 Å². The lowest BCUT2D eigenvalue weighted by Gasteiger charge is -2.04. The summed E-state index contributed by atoms with van der Waals surface area (Å²) in [5.41, 5.74) is 0.713. The van der Waals surface area contributed by atoms with E-state index in [-0.39, 0.29) is 23.0 Å². The highest BCUT2D eigenvalue weighted by Gasteiger charge is 2.10. The van der Waals surface area contributed by atoms with Gasteiger partial charge in [0.25, 0.3) is 11.5 Å². The van der Waals surface area contributed by atoms with Gasteiger partial charge in [0.15, 0.2) is 5.82 Å². The minimum atomic E-state index is -0.473. The molecule has 28 heavy (non-hydrogen) atoms. The lowest BCUT2D eigenvalue weighted by atomic mass is 10.2. The van der Waals surface area contributed by atoms with Gasteiger partial charge in [-0.2, -0.15) is 0 Å². The minimum absolute atomic E-state index is 0.0617. The lowest BCUT2D eigenvalue weighted by molar-refractivity contribution is 0.0931. The first-order valence-electron chi connectivity index (χ1n) is 8.54. The quantitative estimate of drug-likeness (QED) is 0.367. The fourth-order valence-corrected chi connectivity index (χ4v) is 2.47. The van der Waals surface area contributed by atoms with Crippen molar-refractivity contribution < 1.29 is 14.3 Å². The molecule has 0 aliphatic rings. The average molecular weight is 378 g/mol. The number of hydrogen-bond acceptors (Lipinski definition) is 6. The van der Waals surface area contributed by atoms with Gasteiger partial charge >= 0.3 is 0 Å². The summed E-state index contributed by atoms with van der Waals surface area (Å²) in [4.78, 5) is 47.3. The number of rotatable bonds is 7. The van der Waals surface area contributed by atoms with Crippen LogP contribution in [-0.4, -0.2) is 46.9 Å². The number of ketones is 1. The van der Waals surface area contributed by atoms with Gasteiger partial charge in [0.2, 0.25) is 5.78 Å². The second-order valence-corrected chi connectivity index (χ2v) is 5.83. The third kappa shape index (κ3) is 4.54. The van der Waals surface area contributed by atoms with E-state index in [4.69, 9.17) is 4.74 Å². The zero-order chi connectivity index (χ0) is 19.9. The number of H-pyrrole nitrogens is 1. The van der Waals surface area contributed by atoms with Crippen molar-refractivity contribution in [1.29, 1.82) is 0 Å². The Morgan fingerprint density at radius 2 is 1.96 bits per heavy atom. The molecule has 0 atom stereocenters. The summed E-state index contributed by atoms with van der Waals surface area (Å²) in [6.07, 6.45) is 2.71. The molecule has 8 heteroatoms. The predicted molar refractivity (Wildman–Crippen MR) is 104 cm³/mol. The van der Waals surface area contributed by atoms with E-state index in [0.29, 0.717) is 29.7 Å². The molecule has 8 nitrogen and oxygen atoms in total. The molecule has 2 N–H and O–H groups in total. The molecule has 0 aliphatic heterocycles.